The SMILES string of the molecule is CO[Si](CCC1CCC(O)C(OC(=O)c2c(I)c(I)c(I)c(I)c2S(=O)(=O)O)C1)(OC)OC. The van der Waals surface area contributed by atoms with Crippen molar-refractivity contribution >= 4 is 115 Å². The summed E-state index contributed by atoms with van der Waals surface area (Å²) < 4.78 is 58.0. The maximum atomic E-state index is 13.1. The predicted octanol–water partition coefficient (Wildman–Crippen LogP) is 4.31. The average Bonchev–Trinajstić information content (AvgIpc) is 2.77. The van der Waals surface area contributed by atoms with Gasteiger partial charge in [-0.15, -0.1) is 0 Å². The molecule has 3 unspecified atom stereocenters. The number of aliphatic hydroxyl groups excluding tert-OH is 1. The first-order valence-electron chi connectivity index (χ1n) is 9.69. The number of halogens is 4. The summed E-state index contributed by atoms with van der Waals surface area (Å²) in [5.74, 6) is -0.756. The lowest BCUT2D eigenvalue weighted by Crippen LogP contribution is -2.44. The minimum atomic E-state index is -4.69. The lowest BCUT2D eigenvalue weighted by molar-refractivity contribution is -0.0486. The molecular formula is C18H24I4O9SSi. The first-order chi connectivity index (χ1) is 15.3. The van der Waals surface area contributed by atoms with Crippen LogP contribution in [0.2, 0.25) is 6.04 Å². The Morgan fingerprint density at radius 2 is 1.55 bits per heavy atom. The van der Waals surface area contributed by atoms with Crippen molar-refractivity contribution in [2.75, 3.05) is 21.3 Å². The molecule has 188 valence electrons. The van der Waals surface area contributed by atoms with Crippen LogP contribution in [0.4, 0.5) is 0 Å². The minimum Gasteiger partial charge on any atom is -0.456 e. The third-order valence-corrected chi connectivity index (χ3v) is 17.1. The molecule has 1 aliphatic carbocycles. The highest BCUT2D eigenvalue weighted by atomic mass is 127. The second-order valence-corrected chi connectivity index (χ2v) is 16.2. The van der Waals surface area contributed by atoms with Crippen LogP contribution in [0.1, 0.15) is 36.0 Å². The number of hydrogen-bond acceptors (Lipinski definition) is 8. The van der Waals surface area contributed by atoms with Crippen molar-refractivity contribution in [1.29, 1.82) is 0 Å². The van der Waals surface area contributed by atoms with Gasteiger partial charge in [0.2, 0.25) is 0 Å². The van der Waals surface area contributed by atoms with Crippen LogP contribution in [0.5, 0.6) is 0 Å². The quantitative estimate of drug-likeness (QED) is 0.0931. The smallest absolute Gasteiger partial charge is 0.456 e. The van der Waals surface area contributed by atoms with Gasteiger partial charge in [-0.2, -0.15) is 8.42 Å². The normalized spacial score (nSPS) is 21.8. The standard InChI is InChI=1S/C18H24I4O9SSi/c1-28-33(29-2,30-3)7-6-9-4-5-10(23)11(8-9)31-18(24)12-13(19)14(20)15(21)16(22)17(12)32(25,26)27/h9-11,23H,4-8H2,1-3H3,(H,25,26,27). The second kappa shape index (κ2) is 12.9. The molecule has 2 N–H and O–H groups in total. The van der Waals surface area contributed by atoms with Gasteiger partial charge in [-0.1, -0.05) is 0 Å². The number of benzene rings is 1. The van der Waals surface area contributed by atoms with Gasteiger partial charge in [0.25, 0.3) is 10.1 Å². The molecule has 1 saturated carbocycles. The first-order valence-corrected chi connectivity index (χ1v) is 17.4. The Bertz CT molecular complexity index is 980. The fraction of sp³-hybridized carbons (Fsp3) is 0.611. The highest BCUT2D eigenvalue weighted by Crippen LogP contribution is 2.37. The van der Waals surface area contributed by atoms with Gasteiger partial charge < -0.3 is 23.1 Å². The maximum Gasteiger partial charge on any atom is 0.500 e. The molecule has 33 heavy (non-hydrogen) atoms. The number of esters is 1. The van der Waals surface area contributed by atoms with Crippen molar-refractivity contribution in [1.82, 2.24) is 0 Å². The fourth-order valence-corrected chi connectivity index (χ4v) is 11.0. The summed E-state index contributed by atoms with van der Waals surface area (Å²) in [6, 6.07) is 0.580. The average molecular weight is 952 g/mol. The highest BCUT2D eigenvalue weighted by molar-refractivity contribution is 14.1. The zero-order valence-corrected chi connectivity index (χ0v) is 28.4. The molecule has 0 amide bonds. The molecule has 15 heteroatoms. The molecule has 1 aliphatic rings. The Labute approximate surface area is 249 Å². The molecular weight excluding hydrogens is 928 g/mol. The van der Waals surface area contributed by atoms with Crippen molar-refractivity contribution in [3.63, 3.8) is 0 Å². The second-order valence-electron chi connectivity index (χ2n) is 7.46. The van der Waals surface area contributed by atoms with E-state index in [4.69, 9.17) is 18.0 Å². The molecule has 0 saturated heterocycles. The van der Waals surface area contributed by atoms with Crippen molar-refractivity contribution in [2.45, 2.75) is 48.8 Å². The summed E-state index contributed by atoms with van der Waals surface area (Å²) in [7, 11) is -2.79. The van der Waals surface area contributed by atoms with Crippen LogP contribution in [0.3, 0.4) is 0 Å². The summed E-state index contributed by atoms with van der Waals surface area (Å²) in [6.07, 6.45) is 0.617. The lowest BCUT2D eigenvalue weighted by atomic mass is 9.84. The molecule has 0 heterocycles. The number of rotatable bonds is 9. The van der Waals surface area contributed by atoms with Crippen LogP contribution in [0.15, 0.2) is 4.90 Å². The molecule has 0 bridgehead atoms. The largest absolute Gasteiger partial charge is 0.500 e. The lowest BCUT2D eigenvalue weighted by Gasteiger charge is -2.34. The topological polar surface area (TPSA) is 129 Å². The number of hydrogen-bond donors (Lipinski definition) is 2. The molecule has 2 rings (SSSR count). The van der Waals surface area contributed by atoms with Gasteiger partial charge in [0.15, 0.2) is 0 Å². The third-order valence-electron chi connectivity index (χ3n) is 5.60. The molecule has 9 nitrogen and oxygen atoms in total. The third kappa shape index (κ3) is 7.33. The maximum absolute atomic E-state index is 13.1. The van der Waals surface area contributed by atoms with Gasteiger partial charge in [-0.3, -0.25) is 4.55 Å². The van der Waals surface area contributed by atoms with E-state index in [1.807, 2.05) is 67.8 Å². The predicted molar refractivity (Wildman–Crippen MR) is 156 cm³/mol. The van der Waals surface area contributed by atoms with Crippen LogP contribution in [0.25, 0.3) is 0 Å². The van der Waals surface area contributed by atoms with Crippen LogP contribution in [-0.2, 0) is 28.1 Å². The summed E-state index contributed by atoms with van der Waals surface area (Å²) in [5.41, 5.74) is -0.216. The van der Waals surface area contributed by atoms with Crippen molar-refractivity contribution in [2.24, 2.45) is 5.92 Å². The van der Waals surface area contributed by atoms with Crippen LogP contribution in [0, 0.1) is 20.2 Å². The number of carbonyl (C=O) groups is 1. The molecule has 0 spiro atoms. The molecule has 3 atom stereocenters. The van der Waals surface area contributed by atoms with Crippen LogP contribution in [-0.4, -0.2) is 66.4 Å². The summed E-state index contributed by atoms with van der Waals surface area (Å²) in [5, 5.41) is 10.5. The number of aliphatic hydroxyl groups is 1. The Hall–Kier alpha value is 1.58. The Kier molecular flexibility index (Phi) is 12.0. The van der Waals surface area contributed by atoms with E-state index in [1.54, 1.807) is 43.9 Å². The molecule has 1 fully saturated rings. The Morgan fingerprint density at radius 3 is 2.06 bits per heavy atom. The number of carbonyl (C=O) groups excluding carboxylic acids is 1. The van der Waals surface area contributed by atoms with Crippen molar-refractivity contribution in [3.8, 4) is 0 Å². The molecule has 1 aromatic carbocycles. The number of ether oxygens (including phenoxy) is 1. The molecule has 0 aromatic heterocycles. The van der Waals surface area contributed by atoms with Crippen LogP contribution < -0.4 is 0 Å². The van der Waals surface area contributed by atoms with Crippen molar-refractivity contribution in [3.05, 3.63) is 19.8 Å². The van der Waals surface area contributed by atoms with E-state index in [0.717, 1.165) is 6.42 Å². The first kappa shape index (κ1) is 30.8. The van der Waals surface area contributed by atoms with Gasteiger partial charge in [0.05, 0.1) is 11.7 Å². The van der Waals surface area contributed by atoms with Gasteiger partial charge in [-0.25, -0.2) is 4.79 Å². The van der Waals surface area contributed by atoms with Gasteiger partial charge in [-0.05, 0) is 122 Å². The summed E-state index contributed by atoms with van der Waals surface area (Å²) >= 11 is 7.66. The highest BCUT2D eigenvalue weighted by Gasteiger charge is 2.40. The van der Waals surface area contributed by atoms with E-state index in [1.165, 1.54) is 0 Å². The summed E-state index contributed by atoms with van der Waals surface area (Å²) in [4.78, 5) is 12.7. The van der Waals surface area contributed by atoms with Gasteiger partial charge >= 0.3 is 14.8 Å². The van der Waals surface area contributed by atoms with Gasteiger partial charge in [0.1, 0.15) is 11.0 Å². The van der Waals surface area contributed by atoms with E-state index in [9.17, 15) is 22.9 Å². The zero-order chi connectivity index (χ0) is 25.1. The van der Waals surface area contributed by atoms with Crippen molar-refractivity contribution < 1.29 is 40.9 Å². The Balaban J connectivity index is 2.27. The molecule has 0 radical (unpaired) electrons. The van der Waals surface area contributed by atoms with E-state index in [0.29, 0.717) is 36.0 Å². The Morgan fingerprint density at radius 1 is 1.00 bits per heavy atom. The monoisotopic (exact) mass is 952 g/mol. The fourth-order valence-electron chi connectivity index (χ4n) is 3.75. The van der Waals surface area contributed by atoms with E-state index >= 15 is 0 Å². The van der Waals surface area contributed by atoms with Gasteiger partial charge in [0, 0.05) is 41.7 Å². The van der Waals surface area contributed by atoms with Crippen LogP contribution >= 0.6 is 90.4 Å². The van der Waals surface area contributed by atoms with E-state index < -0.39 is 42.0 Å². The van der Waals surface area contributed by atoms with E-state index in [-0.39, 0.29) is 15.1 Å². The van der Waals surface area contributed by atoms with E-state index in [2.05, 4.69) is 0 Å². The molecule has 0 aliphatic heterocycles. The zero-order valence-electron chi connectivity index (χ0n) is 17.9. The summed E-state index contributed by atoms with van der Waals surface area (Å²) in [6.45, 7) is 0. The molecule has 1 aromatic rings. The minimum absolute atomic E-state index is 0.135.